The average molecular weight is 617 g/mol. The summed E-state index contributed by atoms with van der Waals surface area (Å²) in [6.45, 7) is 2.05. The number of carbonyl (C=O) groups is 3. The molecule has 1 aliphatic heterocycles. The van der Waals surface area contributed by atoms with Crippen LogP contribution in [0.3, 0.4) is 0 Å². The van der Waals surface area contributed by atoms with E-state index in [-0.39, 0.29) is 35.3 Å². The third-order valence-corrected chi connectivity index (χ3v) is 6.87. The van der Waals surface area contributed by atoms with Gasteiger partial charge in [-0.2, -0.15) is 0 Å². The standard InChI is InChI=1S/C26H21BrN2O9S/c1-3-36-21-11-16(10-19(27)23(21)37-14-15-5-4-6-17(9-15)29(33)34)12-22-24(30)28(26(32)39-22)13-18-7-8-20(38-18)25(31)35-2/h4-12H,3,13-14H2,1-2H3/b22-12+. The number of carbonyl (C=O) groups excluding carboxylic acids is 3. The number of nitro groups is 1. The first-order chi connectivity index (χ1) is 18.7. The van der Waals surface area contributed by atoms with Crippen LogP contribution in [0.2, 0.25) is 0 Å². The van der Waals surface area contributed by atoms with Crippen molar-refractivity contribution in [3.8, 4) is 11.5 Å². The fraction of sp³-hybridized carbons (Fsp3) is 0.192. The van der Waals surface area contributed by atoms with Crippen LogP contribution in [0.15, 0.2) is 62.3 Å². The van der Waals surface area contributed by atoms with Gasteiger partial charge in [0.25, 0.3) is 16.8 Å². The fourth-order valence-corrected chi connectivity index (χ4v) is 5.02. The third-order valence-electron chi connectivity index (χ3n) is 5.37. The fourth-order valence-electron chi connectivity index (χ4n) is 3.61. The number of esters is 1. The molecule has 1 fully saturated rings. The van der Waals surface area contributed by atoms with Gasteiger partial charge in [0, 0.05) is 12.1 Å². The van der Waals surface area contributed by atoms with Crippen LogP contribution in [0.5, 0.6) is 11.5 Å². The second kappa shape index (κ2) is 12.2. The Kier molecular flexibility index (Phi) is 8.72. The number of amides is 2. The number of ether oxygens (including phenoxy) is 3. The minimum absolute atomic E-state index is 0.0314. The molecule has 0 radical (unpaired) electrons. The zero-order valence-electron chi connectivity index (χ0n) is 20.7. The molecule has 0 atom stereocenters. The summed E-state index contributed by atoms with van der Waals surface area (Å²) >= 11 is 4.25. The smallest absolute Gasteiger partial charge is 0.373 e. The molecule has 3 aromatic rings. The molecule has 0 N–H and O–H groups in total. The van der Waals surface area contributed by atoms with E-state index in [4.69, 9.17) is 13.9 Å². The Morgan fingerprint density at radius 2 is 1.97 bits per heavy atom. The maximum absolute atomic E-state index is 13.0. The SMILES string of the molecule is CCOc1cc(/C=C2/SC(=O)N(Cc3ccc(C(=O)OC)o3)C2=O)cc(Br)c1OCc1cccc([N+](=O)[O-])c1. The van der Waals surface area contributed by atoms with Crippen molar-refractivity contribution < 1.29 is 37.9 Å². The van der Waals surface area contributed by atoms with Crippen molar-refractivity contribution in [2.24, 2.45) is 0 Å². The summed E-state index contributed by atoms with van der Waals surface area (Å²) in [5.41, 5.74) is 1.14. The van der Waals surface area contributed by atoms with Crippen molar-refractivity contribution in [3.63, 3.8) is 0 Å². The average Bonchev–Trinajstić information content (AvgIpc) is 3.48. The minimum atomic E-state index is -0.663. The minimum Gasteiger partial charge on any atom is -0.490 e. The quantitative estimate of drug-likeness (QED) is 0.116. The van der Waals surface area contributed by atoms with E-state index in [9.17, 15) is 24.5 Å². The summed E-state index contributed by atoms with van der Waals surface area (Å²) in [7, 11) is 1.22. The number of nitrogens with zero attached hydrogens (tertiary/aromatic N) is 2. The predicted molar refractivity (Wildman–Crippen MR) is 144 cm³/mol. The van der Waals surface area contributed by atoms with Gasteiger partial charge >= 0.3 is 5.97 Å². The summed E-state index contributed by atoms with van der Waals surface area (Å²) in [6, 6.07) is 12.4. The van der Waals surface area contributed by atoms with E-state index in [0.717, 1.165) is 16.7 Å². The molecule has 4 rings (SSSR count). The molecule has 0 bridgehead atoms. The molecule has 2 amide bonds. The molecule has 2 heterocycles. The lowest BCUT2D eigenvalue weighted by Gasteiger charge is -2.15. The number of benzene rings is 2. The van der Waals surface area contributed by atoms with Crippen LogP contribution in [-0.4, -0.2) is 40.7 Å². The number of rotatable bonds is 10. The highest BCUT2D eigenvalue weighted by Crippen LogP contribution is 2.40. The largest absolute Gasteiger partial charge is 0.490 e. The van der Waals surface area contributed by atoms with E-state index in [1.165, 1.54) is 31.4 Å². The van der Waals surface area contributed by atoms with Gasteiger partial charge in [-0.15, -0.1) is 0 Å². The zero-order valence-corrected chi connectivity index (χ0v) is 23.1. The van der Waals surface area contributed by atoms with Gasteiger partial charge in [-0.05, 0) is 76.1 Å². The molecule has 1 aromatic heterocycles. The molecule has 202 valence electrons. The molecule has 1 saturated heterocycles. The summed E-state index contributed by atoms with van der Waals surface area (Å²) in [5, 5.41) is 10.6. The van der Waals surface area contributed by atoms with E-state index in [1.807, 2.05) is 0 Å². The summed E-state index contributed by atoms with van der Waals surface area (Å²) in [6.07, 6.45) is 1.56. The van der Waals surface area contributed by atoms with Crippen LogP contribution >= 0.6 is 27.7 Å². The van der Waals surface area contributed by atoms with E-state index in [1.54, 1.807) is 37.3 Å². The van der Waals surface area contributed by atoms with Gasteiger partial charge in [-0.25, -0.2) is 4.79 Å². The Bertz CT molecular complexity index is 1480. The van der Waals surface area contributed by atoms with Crippen molar-refractivity contribution in [1.82, 2.24) is 4.90 Å². The molecule has 0 spiro atoms. The Labute approximate surface area is 235 Å². The maximum Gasteiger partial charge on any atom is 0.373 e. The molecule has 0 aliphatic carbocycles. The molecule has 13 heteroatoms. The topological polar surface area (TPSA) is 138 Å². The number of furan rings is 1. The summed E-state index contributed by atoms with van der Waals surface area (Å²) in [5.74, 6) is -0.187. The van der Waals surface area contributed by atoms with Gasteiger partial charge in [0.05, 0.1) is 34.6 Å². The normalized spacial score (nSPS) is 14.1. The number of nitro benzene ring substituents is 1. The van der Waals surface area contributed by atoms with Crippen LogP contribution in [0.25, 0.3) is 6.08 Å². The molecule has 0 unspecified atom stereocenters. The van der Waals surface area contributed by atoms with Gasteiger partial charge in [0.15, 0.2) is 11.5 Å². The number of imide groups is 1. The lowest BCUT2D eigenvalue weighted by molar-refractivity contribution is -0.384. The van der Waals surface area contributed by atoms with E-state index in [0.29, 0.717) is 33.7 Å². The van der Waals surface area contributed by atoms with Gasteiger partial charge in [-0.3, -0.25) is 24.6 Å². The van der Waals surface area contributed by atoms with Gasteiger partial charge in [-0.1, -0.05) is 12.1 Å². The molecule has 39 heavy (non-hydrogen) atoms. The first kappa shape index (κ1) is 27.9. The van der Waals surface area contributed by atoms with Crippen LogP contribution in [0.4, 0.5) is 10.5 Å². The van der Waals surface area contributed by atoms with E-state index < -0.39 is 22.0 Å². The van der Waals surface area contributed by atoms with Crippen LogP contribution in [0, 0.1) is 10.1 Å². The zero-order chi connectivity index (χ0) is 28.1. The monoisotopic (exact) mass is 616 g/mol. The molecule has 0 saturated carbocycles. The number of non-ortho nitro benzene ring substituents is 1. The second-order valence-corrected chi connectivity index (χ2v) is 9.85. The lowest BCUT2D eigenvalue weighted by Crippen LogP contribution is -2.27. The van der Waals surface area contributed by atoms with Crippen molar-refractivity contribution in [2.75, 3.05) is 13.7 Å². The summed E-state index contributed by atoms with van der Waals surface area (Å²) in [4.78, 5) is 48.9. The number of hydrogen-bond donors (Lipinski definition) is 0. The molecule has 2 aromatic carbocycles. The second-order valence-electron chi connectivity index (χ2n) is 8.00. The molecule has 11 nitrogen and oxygen atoms in total. The number of thioether (sulfide) groups is 1. The Morgan fingerprint density at radius 3 is 2.69 bits per heavy atom. The van der Waals surface area contributed by atoms with Crippen molar-refractivity contribution in [1.29, 1.82) is 0 Å². The maximum atomic E-state index is 13.0. The Balaban J connectivity index is 1.53. The van der Waals surface area contributed by atoms with E-state index in [2.05, 4.69) is 20.7 Å². The number of hydrogen-bond acceptors (Lipinski definition) is 10. The number of methoxy groups -OCH3 is 1. The van der Waals surface area contributed by atoms with Gasteiger partial charge in [0.1, 0.15) is 12.4 Å². The van der Waals surface area contributed by atoms with Crippen LogP contribution in [0.1, 0.15) is 34.4 Å². The first-order valence-corrected chi connectivity index (χ1v) is 13.1. The Morgan fingerprint density at radius 1 is 1.18 bits per heavy atom. The Hall–Kier alpha value is -4.10. The first-order valence-electron chi connectivity index (χ1n) is 11.4. The van der Waals surface area contributed by atoms with Gasteiger partial charge in [0.2, 0.25) is 5.76 Å². The number of halogens is 1. The third kappa shape index (κ3) is 6.49. The molecular formula is C26H21BrN2O9S. The van der Waals surface area contributed by atoms with Crippen molar-refractivity contribution >= 4 is 56.6 Å². The highest BCUT2D eigenvalue weighted by Gasteiger charge is 2.36. The van der Waals surface area contributed by atoms with Crippen LogP contribution < -0.4 is 9.47 Å². The summed E-state index contributed by atoms with van der Waals surface area (Å²) < 4.78 is 22.2. The van der Waals surface area contributed by atoms with Crippen molar-refractivity contribution in [2.45, 2.75) is 20.1 Å². The van der Waals surface area contributed by atoms with Crippen LogP contribution in [-0.2, 0) is 22.7 Å². The van der Waals surface area contributed by atoms with Crippen molar-refractivity contribution in [3.05, 3.63) is 90.7 Å². The van der Waals surface area contributed by atoms with Gasteiger partial charge < -0.3 is 18.6 Å². The highest BCUT2D eigenvalue weighted by molar-refractivity contribution is 9.10. The molecule has 1 aliphatic rings. The highest BCUT2D eigenvalue weighted by atomic mass is 79.9. The predicted octanol–water partition coefficient (Wildman–Crippen LogP) is 5.95. The molecular weight excluding hydrogens is 596 g/mol. The van der Waals surface area contributed by atoms with E-state index >= 15 is 0 Å². The lowest BCUT2D eigenvalue weighted by atomic mass is 10.1.